The smallest absolute Gasteiger partial charge is 0.293 e. The Morgan fingerprint density at radius 2 is 1.42 bits per heavy atom. The van der Waals surface area contributed by atoms with Crippen LogP contribution in [-0.2, 0) is 11.2 Å². The van der Waals surface area contributed by atoms with Gasteiger partial charge in [0.2, 0.25) is 0 Å². The lowest BCUT2D eigenvalue weighted by Gasteiger charge is -2.33. The molecule has 3 unspecified atom stereocenters. The number of hydroxylamine groups is 3. The molecule has 0 radical (unpaired) electrons. The Morgan fingerprint density at radius 1 is 0.871 bits per heavy atom. The lowest BCUT2D eigenvalue weighted by Crippen LogP contribution is -2.54. The Kier molecular flexibility index (Phi) is 5.83. The van der Waals surface area contributed by atoms with E-state index >= 15 is 0 Å². The quantitative estimate of drug-likeness (QED) is 0.576. The number of carbonyl (C=O) groups excluding carboxylic acids is 1. The first kappa shape index (κ1) is 21.1. The van der Waals surface area contributed by atoms with E-state index in [0.29, 0.717) is 18.7 Å². The highest BCUT2D eigenvalue weighted by Crippen LogP contribution is 2.41. The molecule has 0 aromatic heterocycles. The highest BCUT2D eigenvalue weighted by atomic mass is 16.6. The molecule has 5 heteroatoms. The predicted octanol–water partition coefficient (Wildman–Crippen LogP) is 4.54. The summed E-state index contributed by atoms with van der Waals surface area (Å²) < 4.78 is -0.328. The first-order valence-electron chi connectivity index (χ1n) is 10.6. The number of likely N-dealkylation sites (N-methyl/N-ethyl adjacent to an activating group) is 1. The molecule has 0 fully saturated rings. The molecule has 3 aromatic carbocycles. The number of hydrogen-bond donors (Lipinski definition) is 1. The zero-order valence-electron chi connectivity index (χ0n) is 18.1. The van der Waals surface area contributed by atoms with E-state index in [4.69, 9.17) is 5.10 Å². The lowest BCUT2D eigenvalue weighted by molar-refractivity contribution is -1.15. The van der Waals surface area contributed by atoms with Gasteiger partial charge in [0.1, 0.15) is 7.05 Å². The molecule has 0 bridgehead atoms. The van der Waals surface area contributed by atoms with E-state index in [2.05, 4.69) is 0 Å². The number of carbonyl (C=O) groups is 1. The van der Waals surface area contributed by atoms with Gasteiger partial charge in [0.15, 0.2) is 12.3 Å². The predicted molar refractivity (Wildman–Crippen MR) is 121 cm³/mol. The number of nitrogens with zero attached hydrogens (tertiary/aromatic N) is 3. The molecule has 0 aliphatic carbocycles. The molecule has 0 spiro atoms. The van der Waals surface area contributed by atoms with Crippen molar-refractivity contribution in [2.45, 2.75) is 19.0 Å². The SMILES string of the molecule is C[N+]1(CC(=O)CCc2ccccc2)N=C(c2ccccc2)[N+](C)(O)C1c1ccccc1. The Labute approximate surface area is 183 Å². The van der Waals surface area contributed by atoms with Gasteiger partial charge in [0, 0.05) is 6.42 Å². The molecule has 0 saturated carbocycles. The maximum Gasteiger partial charge on any atom is 0.321 e. The van der Waals surface area contributed by atoms with E-state index in [-0.39, 0.29) is 16.9 Å². The van der Waals surface area contributed by atoms with Crippen molar-refractivity contribution < 1.29 is 19.2 Å². The van der Waals surface area contributed by atoms with Crippen LogP contribution < -0.4 is 0 Å². The van der Waals surface area contributed by atoms with E-state index in [9.17, 15) is 10.0 Å². The molecule has 0 amide bonds. The summed E-state index contributed by atoms with van der Waals surface area (Å²) in [5.74, 6) is 0.693. The van der Waals surface area contributed by atoms with E-state index in [1.807, 2.05) is 98.0 Å². The van der Waals surface area contributed by atoms with Crippen LogP contribution in [-0.4, -0.2) is 46.7 Å². The summed E-state index contributed by atoms with van der Waals surface area (Å²) in [5.41, 5.74) is 2.95. The molecule has 0 saturated heterocycles. The largest absolute Gasteiger partial charge is 0.321 e. The van der Waals surface area contributed by atoms with Gasteiger partial charge in [-0.05, 0) is 41.4 Å². The number of rotatable bonds is 7. The minimum Gasteiger partial charge on any atom is -0.293 e. The topological polar surface area (TPSA) is 49.7 Å². The van der Waals surface area contributed by atoms with E-state index < -0.39 is 10.8 Å². The third kappa shape index (κ3) is 4.35. The molecule has 158 valence electrons. The molecule has 1 N–H and O–H groups in total. The Balaban J connectivity index is 1.65. The van der Waals surface area contributed by atoms with E-state index in [1.54, 1.807) is 7.05 Å². The minimum atomic E-state index is -0.433. The second-order valence-corrected chi connectivity index (χ2v) is 8.50. The summed E-state index contributed by atoms with van der Waals surface area (Å²) in [6.07, 6.45) is 0.720. The Morgan fingerprint density at radius 3 is 2.03 bits per heavy atom. The Hall–Kier alpha value is -3.12. The zero-order valence-corrected chi connectivity index (χ0v) is 18.1. The number of ketones is 1. The first-order valence-corrected chi connectivity index (χ1v) is 10.6. The van der Waals surface area contributed by atoms with Gasteiger partial charge in [-0.2, -0.15) is 0 Å². The third-order valence-corrected chi connectivity index (χ3v) is 5.92. The van der Waals surface area contributed by atoms with Crippen LogP contribution in [0.3, 0.4) is 0 Å². The molecule has 4 rings (SSSR count). The summed E-state index contributed by atoms with van der Waals surface area (Å²) >= 11 is 0. The molecule has 3 aromatic rings. The van der Waals surface area contributed by atoms with Gasteiger partial charge >= 0.3 is 12.0 Å². The van der Waals surface area contributed by atoms with Crippen molar-refractivity contribution in [3.8, 4) is 0 Å². The minimum absolute atomic E-state index is 0.0782. The van der Waals surface area contributed by atoms with Crippen LogP contribution in [0.25, 0.3) is 0 Å². The average Bonchev–Trinajstić information content (AvgIpc) is 2.99. The summed E-state index contributed by atoms with van der Waals surface area (Å²) in [6.45, 7) is 0.219. The van der Waals surface area contributed by atoms with Gasteiger partial charge in [-0.1, -0.05) is 71.4 Å². The van der Waals surface area contributed by atoms with Crippen molar-refractivity contribution in [2.75, 3.05) is 20.6 Å². The second kappa shape index (κ2) is 8.55. The molecular formula is C26H29N3O2+2. The van der Waals surface area contributed by atoms with Crippen molar-refractivity contribution in [1.82, 2.24) is 0 Å². The number of benzene rings is 3. The summed E-state index contributed by atoms with van der Waals surface area (Å²) in [4.78, 5) is 13.0. The van der Waals surface area contributed by atoms with Gasteiger partial charge in [-0.3, -0.25) is 4.79 Å². The molecular weight excluding hydrogens is 386 g/mol. The fraction of sp³-hybridized carbons (Fsp3) is 0.231. The number of quaternary nitrogens is 2. The van der Waals surface area contributed by atoms with Crippen molar-refractivity contribution in [2.24, 2.45) is 5.10 Å². The molecule has 31 heavy (non-hydrogen) atoms. The zero-order chi connectivity index (χ0) is 21.9. The number of amidine groups is 1. The van der Waals surface area contributed by atoms with Gasteiger partial charge in [0.05, 0.1) is 18.2 Å². The fourth-order valence-electron chi connectivity index (χ4n) is 4.59. The van der Waals surface area contributed by atoms with Gasteiger partial charge in [-0.25, -0.2) is 5.21 Å². The number of hydrogen-bond acceptors (Lipinski definition) is 3. The maximum absolute atomic E-state index is 13.0. The molecule has 1 heterocycles. The van der Waals surface area contributed by atoms with E-state index in [1.165, 1.54) is 0 Å². The van der Waals surface area contributed by atoms with Gasteiger partial charge < -0.3 is 0 Å². The highest BCUT2D eigenvalue weighted by molar-refractivity contribution is 5.93. The van der Waals surface area contributed by atoms with Crippen LogP contribution in [0.4, 0.5) is 0 Å². The molecule has 3 atom stereocenters. The van der Waals surface area contributed by atoms with Crippen molar-refractivity contribution in [3.05, 3.63) is 108 Å². The molecule has 1 aliphatic heterocycles. The molecule has 1 aliphatic rings. The second-order valence-electron chi connectivity index (χ2n) is 8.50. The maximum atomic E-state index is 13.0. The highest BCUT2D eigenvalue weighted by Gasteiger charge is 2.60. The van der Waals surface area contributed by atoms with Crippen LogP contribution in [0.15, 0.2) is 96.1 Å². The standard InChI is InChI=1S/C26H29N3O2/c1-28(20-24(30)19-18-21-12-6-3-7-13-21)26(23-16-10-5-11-17-23)29(2,31)25(27-28)22-14-8-4-9-15-22/h3-17,26,31H,18-20H2,1-2H3/q+2. The van der Waals surface area contributed by atoms with Crippen LogP contribution in [0, 0.1) is 0 Å². The van der Waals surface area contributed by atoms with Crippen molar-refractivity contribution in [1.29, 1.82) is 0 Å². The first-order chi connectivity index (χ1) is 14.9. The van der Waals surface area contributed by atoms with Crippen molar-refractivity contribution >= 4 is 11.6 Å². The van der Waals surface area contributed by atoms with Crippen molar-refractivity contribution in [3.63, 3.8) is 0 Å². The fourth-order valence-corrected chi connectivity index (χ4v) is 4.59. The van der Waals surface area contributed by atoms with Crippen LogP contribution in [0.5, 0.6) is 0 Å². The van der Waals surface area contributed by atoms with Crippen LogP contribution >= 0.6 is 0 Å². The van der Waals surface area contributed by atoms with E-state index in [0.717, 1.165) is 16.7 Å². The number of aryl methyl sites for hydroxylation is 1. The average molecular weight is 416 g/mol. The van der Waals surface area contributed by atoms with Crippen LogP contribution in [0.1, 0.15) is 29.3 Å². The summed E-state index contributed by atoms with van der Waals surface area (Å²) in [7, 11) is 3.68. The monoisotopic (exact) mass is 415 g/mol. The summed E-state index contributed by atoms with van der Waals surface area (Å²) in [6, 6.07) is 29.6. The van der Waals surface area contributed by atoms with Gasteiger partial charge in [0.25, 0.3) is 0 Å². The third-order valence-electron chi connectivity index (χ3n) is 5.92. The van der Waals surface area contributed by atoms with Crippen LogP contribution in [0.2, 0.25) is 0 Å². The number of Topliss-reactive ketones (excluding diaryl/α,β-unsaturated/α-hetero) is 1. The van der Waals surface area contributed by atoms with Gasteiger partial charge in [-0.15, -0.1) is 4.59 Å². The molecule has 5 nitrogen and oxygen atoms in total. The Bertz CT molecular complexity index is 1070. The lowest BCUT2D eigenvalue weighted by atomic mass is 10.1. The normalized spacial score (nSPS) is 25.3. The summed E-state index contributed by atoms with van der Waals surface area (Å²) in [5, 5.41) is 16.6.